The third kappa shape index (κ3) is 4.79. The van der Waals surface area contributed by atoms with E-state index in [-0.39, 0.29) is 5.91 Å². The molecule has 148 valence electrons. The molecule has 27 heavy (non-hydrogen) atoms. The lowest BCUT2D eigenvalue weighted by molar-refractivity contribution is -0.120. The number of aromatic nitrogens is 4. The maximum Gasteiger partial charge on any atom is 0.253 e. The first-order chi connectivity index (χ1) is 13.0. The molecule has 1 N–H and O–H groups in total. The van der Waals surface area contributed by atoms with Crippen LogP contribution in [0, 0.1) is 13.8 Å². The van der Waals surface area contributed by atoms with Crippen molar-refractivity contribution in [2.45, 2.75) is 64.1 Å². The van der Waals surface area contributed by atoms with Crippen LogP contribution in [0.3, 0.4) is 0 Å². The molecule has 0 aromatic carbocycles. The van der Waals surface area contributed by atoms with Crippen molar-refractivity contribution in [3.8, 4) is 0 Å². The molecule has 7 nitrogen and oxygen atoms in total. The number of hydrogen-bond donors (Lipinski definition) is 1. The summed E-state index contributed by atoms with van der Waals surface area (Å²) in [5.74, 6) is 0.633. The van der Waals surface area contributed by atoms with E-state index < -0.39 is 0 Å². The third-order valence-electron chi connectivity index (χ3n) is 5.43. The lowest BCUT2D eigenvalue weighted by Gasteiger charge is -2.33. The lowest BCUT2D eigenvalue weighted by Crippen LogP contribution is -2.39. The molecule has 1 amide bonds. The van der Waals surface area contributed by atoms with Gasteiger partial charge < -0.3 is 10.2 Å². The zero-order valence-corrected chi connectivity index (χ0v) is 17.6. The van der Waals surface area contributed by atoms with Crippen LogP contribution >= 0.6 is 11.8 Å². The minimum absolute atomic E-state index is 0.0410. The van der Waals surface area contributed by atoms with Crippen LogP contribution in [0.5, 0.6) is 0 Å². The standard InChI is InChI=1S/C19H30N6OS/c1-13-8-5-6-10-24(13)11-7-9-20-17(26)12-16-14(2)21-18-22-19(27-4)23-25(18)15(16)3/h13H,5-12H2,1-4H3,(H,20,26)/t13-/m1/s1. The van der Waals surface area contributed by atoms with E-state index in [2.05, 4.69) is 32.2 Å². The van der Waals surface area contributed by atoms with Crippen LogP contribution in [-0.2, 0) is 11.2 Å². The minimum Gasteiger partial charge on any atom is -0.356 e. The minimum atomic E-state index is 0.0410. The van der Waals surface area contributed by atoms with Crippen molar-refractivity contribution in [3.05, 3.63) is 17.0 Å². The van der Waals surface area contributed by atoms with Crippen molar-refractivity contribution in [2.75, 3.05) is 25.9 Å². The number of likely N-dealkylation sites (tertiary alicyclic amines) is 1. The van der Waals surface area contributed by atoms with E-state index in [9.17, 15) is 4.79 Å². The Morgan fingerprint density at radius 2 is 2.11 bits per heavy atom. The van der Waals surface area contributed by atoms with E-state index in [1.165, 1.54) is 37.6 Å². The predicted octanol–water partition coefficient (Wildman–Crippen LogP) is 2.39. The normalized spacial score (nSPS) is 18.1. The first-order valence-electron chi connectivity index (χ1n) is 9.77. The van der Waals surface area contributed by atoms with Gasteiger partial charge in [-0.1, -0.05) is 18.2 Å². The van der Waals surface area contributed by atoms with Gasteiger partial charge in [-0.05, 0) is 52.8 Å². The number of carbonyl (C=O) groups is 1. The number of nitrogens with one attached hydrogen (secondary N) is 1. The Labute approximate surface area is 165 Å². The van der Waals surface area contributed by atoms with Crippen molar-refractivity contribution in [2.24, 2.45) is 0 Å². The van der Waals surface area contributed by atoms with Gasteiger partial charge in [-0.25, -0.2) is 9.50 Å². The summed E-state index contributed by atoms with van der Waals surface area (Å²) in [7, 11) is 0. The number of nitrogens with zero attached hydrogens (tertiary/aromatic N) is 5. The van der Waals surface area contributed by atoms with Gasteiger partial charge in [-0.2, -0.15) is 4.98 Å². The fourth-order valence-electron chi connectivity index (χ4n) is 3.76. The van der Waals surface area contributed by atoms with Crippen LogP contribution in [0.1, 0.15) is 49.6 Å². The summed E-state index contributed by atoms with van der Waals surface area (Å²) in [6.07, 6.45) is 7.19. The van der Waals surface area contributed by atoms with Crippen LogP contribution in [0.2, 0.25) is 0 Å². The van der Waals surface area contributed by atoms with Crippen molar-refractivity contribution in [3.63, 3.8) is 0 Å². The fourth-order valence-corrected chi connectivity index (χ4v) is 4.09. The number of carbonyl (C=O) groups excluding carboxylic acids is 1. The molecular formula is C19H30N6OS. The molecular weight excluding hydrogens is 360 g/mol. The van der Waals surface area contributed by atoms with Gasteiger partial charge in [0, 0.05) is 36.1 Å². The molecule has 3 rings (SSSR count). The maximum atomic E-state index is 12.4. The largest absolute Gasteiger partial charge is 0.356 e. The van der Waals surface area contributed by atoms with E-state index in [1.54, 1.807) is 4.52 Å². The number of thioether (sulfide) groups is 1. The van der Waals surface area contributed by atoms with Crippen molar-refractivity contribution >= 4 is 23.4 Å². The van der Waals surface area contributed by atoms with E-state index in [0.29, 0.717) is 23.4 Å². The molecule has 1 saturated heterocycles. The fraction of sp³-hybridized carbons (Fsp3) is 0.684. The van der Waals surface area contributed by atoms with Crippen molar-refractivity contribution in [1.29, 1.82) is 0 Å². The van der Waals surface area contributed by atoms with E-state index >= 15 is 0 Å². The molecule has 1 aliphatic heterocycles. The SMILES string of the molecule is CSc1nc2nc(C)c(CC(=O)NCCCN3CCCC[C@H]3C)c(C)n2n1. The molecule has 3 heterocycles. The molecule has 0 spiro atoms. The number of hydrogen-bond acceptors (Lipinski definition) is 6. The maximum absolute atomic E-state index is 12.4. The number of fused-ring (bicyclic) bond motifs is 1. The topological polar surface area (TPSA) is 75.4 Å². The second-order valence-corrected chi connectivity index (χ2v) is 8.11. The van der Waals surface area contributed by atoms with E-state index in [4.69, 9.17) is 0 Å². The lowest BCUT2D eigenvalue weighted by atomic mass is 10.0. The van der Waals surface area contributed by atoms with E-state index in [0.717, 1.165) is 36.5 Å². The molecule has 0 bridgehead atoms. The average molecular weight is 391 g/mol. The average Bonchev–Trinajstić information content (AvgIpc) is 3.07. The molecule has 0 unspecified atom stereocenters. The number of amides is 1. The smallest absolute Gasteiger partial charge is 0.253 e. The predicted molar refractivity (Wildman–Crippen MR) is 108 cm³/mol. The van der Waals surface area contributed by atoms with Gasteiger partial charge in [0.1, 0.15) is 0 Å². The van der Waals surface area contributed by atoms with Gasteiger partial charge in [0.2, 0.25) is 11.1 Å². The monoisotopic (exact) mass is 390 g/mol. The molecule has 0 radical (unpaired) electrons. The highest BCUT2D eigenvalue weighted by Crippen LogP contribution is 2.18. The van der Waals surface area contributed by atoms with Crippen LogP contribution < -0.4 is 5.32 Å². The highest BCUT2D eigenvalue weighted by Gasteiger charge is 2.18. The molecule has 0 aliphatic carbocycles. The van der Waals surface area contributed by atoms with Gasteiger partial charge >= 0.3 is 0 Å². The molecule has 1 aliphatic rings. The highest BCUT2D eigenvalue weighted by molar-refractivity contribution is 7.98. The Morgan fingerprint density at radius 3 is 2.85 bits per heavy atom. The summed E-state index contributed by atoms with van der Waals surface area (Å²) in [6.45, 7) is 9.18. The Bertz CT molecular complexity index is 805. The van der Waals surface area contributed by atoms with Crippen LogP contribution in [0.4, 0.5) is 0 Å². The van der Waals surface area contributed by atoms with Gasteiger partial charge in [-0.3, -0.25) is 4.79 Å². The summed E-state index contributed by atoms with van der Waals surface area (Å²) < 4.78 is 1.74. The van der Waals surface area contributed by atoms with Gasteiger partial charge in [-0.15, -0.1) is 5.10 Å². The number of piperidine rings is 1. The molecule has 0 saturated carbocycles. The molecule has 2 aromatic heterocycles. The number of aryl methyl sites for hydroxylation is 2. The zero-order chi connectivity index (χ0) is 19.4. The van der Waals surface area contributed by atoms with Crippen molar-refractivity contribution < 1.29 is 4.79 Å². The Morgan fingerprint density at radius 1 is 1.30 bits per heavy atom. The second kappa shape index (κ2) is 9.01. The molecule has 1 fully saturated rings. The third-order valence-corrected chi connectivity index (χ3v) is 5.97. The first kappa shape index (κ1) is 20.1. The number of rotatable bonds is 7. The summed E-state index contributed by atoms with van der Waals surface area (Å²) in [6, 6.07) is 0.673. The molecule has 2 aromatic rings. The van der Waals surface area contributed by atoms with Gasteiger partial charge in [0.05, 0.1) is 6.42 Å². The molecule has 1 atom stereocenters. The molecule has 8 heteroatoms. The Kier molecular flexibility index (Phi) is 6.70. The van der Waals surface area contributed by atoms with Gasteiger partial charge in [0.25, 0.3) is 5.78 Å². The summed E-state index contributed by atoms with van der Waals surface area (Å²) >= 11 is 1.49. The van der Waals surface area contributed by atoms with E-state index in [1.807, 2.05) is 20.1 Å². The van der Waals surface area contributed by atoms with Crippen LogP contribution in [0.25, 0.3) is 5.78 Å². The van der Waals surface area contributed by atoms with Crippen LogP contribution in [-0.4, -0.2) is 62.3 Å². The second-order valence-electron chi connectivity index (χ2n) is 7.33. The zero-order valence-electron chi connectivity index (χ0n) is 16.8. The van der Waals surface area contributed by atoms with Crippen LogP contribution in [0.15, 0.2) is 5.16 Å². The summed E-state index contributed by atoms with van der Waals surface area (Å²) in [5.41, 5.74) is 2.71. The first-order valence-corrected chi connectivity index (χ1v) is 11.0. The Balaban J connectivity index is 1.54. The summed E-state index contributed by atoms with van der Waals surface area (Å²) in [4.78, 5) is 23.9. The Hall–Kier alpha value is -1.67. The quantitative estimate of drug-likeness (QED) is 0.578. The summed E-state index contributed by atoms with van der Waals surface area (Å²) in [5, 5.41) is 8.20. The highest BCUT2D eigenvalue weighted by atomic mass is 32.2. The van der Waals surface area contributed by atoms with Gasteiger partial charge in [0.15, 0.2) is 0 Å². The van der Waals surface area contributed by atoms with Crippen molar-refractivity contribution in [1.82, 2.24) is 29.8 Å².